The molecule has 1 amide bonds. The molecule has 138 valence electrons. The van der Waals surface area contributed by atoms with Crippen LogP contribution in [-0.2, 0) is 11.2 Å². The zero-order chi connectivity index (χ0) is 18.9. The summed E-state index contributed by atoms with van der Waals surface area (Å²) in [4.78, 5) is 11.9. The highest BCUT2D eigenvalue weighted by Crippen LogP contribution is 2.36. The number of methoxy groups -OCH3 is 1. The van der Waals surface area contributed by atoms with Gasteiger partial charge in [0.2, 0.25) is 5.91 Å². The fourth-order valence-corrected chi connectivity index (χ4v) is 2.65. The number of carbonyl (C=O) groups is 1. The normalized spacial score (nSPS) is 10.8. The van der Waals surface area contributed by atoms with E-state index in [0.717, 1.165) is 11.1 Å². The Morgan fingerprint density at radius 1 is 1.27 bits per heavy atom. The number of nitrogens with one attached hydrogen (secondary N) is 1. The van der Waals surface area contributed by atoms with E-state index in [1.165, 1.54) is 25.3 Å². The molecule has 2 aromatic rings. The summed E-state index contributed by atoms with van der Waals surface area (Å²) in [5, 5.41) is 3.20. The summed E-state index contributed by atoms with van der Waals surface area (Å²) in [6.07, 6.45) is 3.71. The van der Waals surface area contributed by atoms with Crippen molar-refractivity contribution in [2.24, 2.45) is 0 Å². The van der Waals surface area contributed by atoms with Crippen LogP contribution in [0.15, 0.2) is 42.5 Å². The third-order valence-electron chi connectivity index (χ3n) is 3.59. The van der Waals surface area contributed by atoms with Gasteiger partial charge in [-0.05, 0) is 54.8 Å². The van der Waals surface area contributed by atoms with Crippen molar-refractivity contribution >= 4 is 23.6 Å². The minimum atomic E-state index is -0.273. The number of carbonyl (C=O) groups excluding carboxylic acids is 1. The fraction of sp³-hybridized carbons (Fsp3) is 0.250. The van der Waals surface area contributed by atoms with Gasteiger partial charge in [0.05, 0.1) is 18.7 Å². The van der Waals surface area contributed by atoms with Gasteiger partial charge < -0.3 is 14.8 Å². The van der Waals surface area contributed by atoms with E-state index < -0.39 is 0 Å². The second kappa shape index (κ2) is 9.82. The Kier molecular flexibility index (Phi) is 7.48. The molecule has 0 aliphatic carbocycles. The van der Waals surface area contributed by atoms with E-state index in [4.69, 9.17) is 21.1 Å². The number of rotatable bonds is 8. The standard InChI is InChI=1S/C20H21ClFNO3/c1-3-26-18-13-15(12-17(21)20(18)25-2)6-9-19(24)23-11-10-14-4-7-16(22)8-5-14/h4-9,12-13H,3,10-11H2,1-2H3,(H,23,24)/b9-6+. The van der Waals surface area contributed by atoms with Crippen LogP contribution < -0.4 is 14.8 Å². The van der Waals surface area contributed by atoms with Gasteiger partial charge in [-0.1, -0.05) is 23.7 Å². The van der Waals surface area contributed by atoms with Crippen molar-refractivity contribution in [1.82, 2.24) is 5.32 Å². The Balaban J connectivity index is 1.93. The van der Waals surface area contributed by atoms with Crippen molar-refractivity contribution in [2.75, 3.05) is 20.3 Å². The van der Waals surface area contributed by atoms with Crippen LogP contribution in [0.25, 0.3) is 6.08 Å². The van der Waals surface area contributed by atoms with Gasteiger partial charge in [-0.3, -0.25) is 4.79 Å². The first-order valence-electron chi connectivity index (χ1n) is 8.24. The van der Waals surface area contributed by atoms with E-state index in [-0.39, 0.29) is 11.7 Å². The third-order valence-corrected chi connectivity index (χ3v) is 3.87. The minimum Gasteiger partial charge on any atom is -0.491 e. The van der Waals surface area contributed by atoms with Crippen LogP contribution in [0.5, 0.6) is 11.5 Å². The molecule has 0 saturated heterocycles. The summed E-state index contributed by atoms with van der Waals surface area (Å²) in [5.41, 5.74) is 1.69. The van der Waals surface area contributed by atoms with E-state index in [1.54, 1.807) is 30.3 Å². The number of amides is 1. The number of halogens is 2. The first kappa shape index (κ1) is 19.8. The molecule has 6 heteroatoms. The molecular formula is C20H21ClFNO3. The van der Waals surface area contributed by atoms with Crippen LogP contribution >= 0.6 is 11.6 Å². The molecular weight excluding hydrogens is 357 g/mol. The Bertz CT molecular complexity index is 775. The fourth-order valence-electron chi connectivity index (χ4n) is 2.36. The van der Waals surface area contributed by atoms with Gasteiger partial charge in [0, 0.05) is 12.6 Å². The molecule has 0 bridgehead atoms. The second-order valence-electron chi connectivity index (χ2n) is 5.47. The third kappa shape index (κ3) is 5.77. The van der Waals surface area contributed by atoms with Crippen LogP contribution in [0, 0.1) is 5.82 Å². The van der Waals surface area contributed by atoms with Gasteiger partial charge in [-0.15, -0.1) is 0 Å². The number of benzene rings is 2. The summed E-state index contributed by atoms with van der Waals surface area (Å²) in [6.45, 7) is 2.80. The quantitative estimate of drug-likeness (QED) is 0.699. The topological polar surface area (TPSA) is 47.6 Å². The van der Waals surface area contributed by atoms with Gasteiger partial charge in [-0.2, -0.15) is 0 Å². The summed E-state index contributed by atoms with van der Waals surface area (Å²) in [6, 6.07) is 9.67. The monoisotopic (exact) mass is 377 g/mol. The molecule has 0 atom stereocenters. The molecule has 2 aromatic carbocycles. The maximum Gasteiger partial charge on any atom is 0.244 e. The van der Waals surface area contributed by atoms with Crippen LogP contribution in [0.3, 0.4) is 0 Å². The summed E-state index contributed by atoms with van der Waals surface area (Å²) in [5.74, 6) is 0.496. The van der Waals surface area contributed by atoms with E-state index in [2.05, 4.69) is 5.32 Å². The smallest absolute Gasteiger partial charge is 0.244 e. The molecule has 0 spiro atoms. The van der Waals surface area contributed by atoms with E-state index >= 15 is 0 Å². The lowest BCUT2D eigenvalue weighted by Crippen LogP contribution is -2.23. The number of hydrogen-bond donors (Lipinski definition) is 1. The average Bonchev–Trinajstić information content (AvgIpc) is 2.62. The number of hydrogen-bond acceptors (Lipinski definition) is 3. The molecule has 1 N–H and O–H groups in total. The molecule has 0 aliphatic rings. The molecule has 0 saturated carbocycles. The average molecular weight is 378 g/mol. The summed E-state index contributed by atoms with van der Waals surface area (Å²) in [7, 11) is 1.52. The Hall–Kier alpha value is -2.53. The second-order valence-corrected chi connectivity index (χ2v) is 5.88. The number of ether oxygens (including phenoxy) is 2. The van der Waals surface area contributed by atoms with Crippen molar-refractivity contribution < 1.29 is 18.7 Å². The van der Waals surface area contributed by atoms with Gasteiger partial charge in [0.1, 0.15) is 5.82 Å². The highest BCUT2D eigenvalue weighted by atomic mass is 35.5. The lowest BCUT2D eigenvalue weighted by atomic mass is 10.1. The SMILES string of the molecule is CCOc1cc(/C=C/C(=O)NCCc2ccc(F)cc2)cc(Cl)c1OC. The van der Waals surface area contributed by atoms with Crippen molar-refractivity contribution in [3.05, 3.63) is 64.4 Å². The predicted molar refractivity (Wildman–Crippen MR) is 101 cm³/mol. The van der Waals surface area contributed by atoms with Gasteiger partial charge in [-0.25, -0.2) is 4.39 Å². The van der Waals surface area contributed by atoms with E-state index in [0.29, 0.717) is 36.1 Å². The van der Waals surface area contributed by atoms with Crippen molar-refractivity contribution in [3.63, 3.8) is 0 Å². The van der Waals surface area contributed by atoms with Crippen LogP contribution in [-0.4, -0.2) is 26.2 Å². The lowest BCUT2D eigenvalue weighted by Gasteiger charge is -2.11. The zero-order valence-electron chi connectivity index (χ0n) is 14.7. The largest absolute Gasteiger partial charge is 0.491 e. The minimum absolute atomic E-state index is 0.225. The van der Waals surface area contributed by atoms with Crippen LogP contribution in [0.4, 0.5) is 4.39 Å². The summed E-state index contributed by atoms with van der Waals surface area (Å²) < 4.78 is 23.6. The predicted octanol–water partition coefficient (Wildman–Crippen LogP) is 4.26. The molecule has 4 nitrogen and oxygen atoms in total. The van der Waals surface area contributed by atoms with E-state index in [9.17, 15) is 9.18 Å². The molecule has 0 aliphatic heterocycles. The Labute approximate surface area is 157 Å². The molecule has 2 rings (SSSR count). The van der Waals surface area contributed by atoms with Gasteiger partial charge >= 0.3 is 0 Å². The van der Waals surface area contributed by atoms with E-state index in [1.807, 2.05) is 6.92 Å². The molecule has 26 heavy (non-hydrogen) atoms. The van der Waals surface area contributed by atoms with Crippen LogP contribution in [0.2, 0.25) is 5.02 Å². The molecule has 0 unspecified atom stereocenters. The lowest BCUT2D eigenvalue weighted by molar-refractivity contribution is -0.116. The van der Waals surface area contributed by atoms with Crippen molar-refractivity contribution in [1.29, 1.82) is 0 Å². The van der Waals surface area contributed by atoms with Crippen molar-refractivity contribution in [2.45, 2.75) is 13.3 Å². The zero-order valence-corrected chi connectivity index (χ0v) is 15.5. The first-order valence-corrected chi connectivity index (χ1v) is 8.62. The molecule has 0 radical (unpaired) electrons. The Morgan fingerprint density at radius 2 is 2.00 bits per heavy atom. The van der Waals surface area contributed by atoms with Gasteiger partial charge in [0.15, 0.2) is 11.5 Å². The first-order chi connectivity index (χ1) is 12.5. The highest BCUT2D eigenvalue weighted by molar-refractivity contribution is 6.32. The Morgan fingerprint density at radius 3 is 2.65 bits per heavy atom. The van der Waals surface area contributed by atoms with Crippen molar-refractivity contribution in [3.8, 4) is 11.5 Å². The summed E-state index contributed by atoms with van der Waals surface area (Å²) >= 11 is 6.18. The molecule has 0 heterocycles. The molecule has 0 aromatic heterocycles. The maximum absolute atomic E-state index is 12.8. The van der Waals surface area contributed by atoms with Gasteiger partial charge in [0.25, 0.3) is 0 Å². The molecule has 0 fully saturated rings. The maximum atomic E-state index is 12.8. The highest BCUT2D eigenvalue weighted by Gasteiger charge is 2.10. The van der Waals surface area contributed by atoms with Crippen LogP contribution in [0.1, 0.15) is 18.1 Å².